The summed E-state index contributed by atoms with van der Waals surface area (Å²) in [4.78, 5) is 14.3. The van der Waals surface area contributed by atoms with Gasteiger partial charge < -0.3 is 9.64 Å². The SMILES string of the molecule is COc1ccc(CN2C(=O)CC=C[C@@H]2c2ccccc2)cc1. The van der Waals surface area contributed by atoms with Crippen LogP contribution in [0.3, 0.4) is 0 Å². The molecule has 0 aromatic heterocycles. The summed E-state index contributed by atoms with van der Waals surface area (Å²) in [6.45, 7) is 0.604. The van der Waals surface area contributed by atoms with Crippen molar-refractivity contribution in [2.45, 2.75) is 19.0 Å². The number of nitrogens with zero attached hydrogens (tertiary/aromatic N) is 1. The maximum Gasteiger partial charge on any atom is 0.227 e. The lowest BCUT2D eigenvalue weighted by Gasteiger charge is -2.33. The largest absolute Gasteiger partial charge is 0.497 e. The van der Waals surface area contributed by atoms with E-state index in [0.717, 1.165) is 16.9 Å². The molecule has 0 saturated carbocycles. The van der Waals surface area contributed by atoms with Gasteiger partial charge in [-0.25, -0.2) is 0 Å². The zero-order chi connectivity index (χ0) is 15.4. The second-order valence-electron chi connectivity index (χ2n) is 5.36. The maximum absolute atomic E-state index is 12.4. The zero-order valence-corrected chi connectivity index (χ0v) is 12.6. The summed E-state index contributed by atoms with van der Waals surface area (Å²) in [6.07, 6.45) is 4.55. The minimum atomic E-state index is 0.00421. The van der Waals surface area contributed by atoms with Gasteiger partial charge in [0.25, 0.3) is 0 Å². The molecule has 2 aromatic rings. The van der Waals surface area contributed by atoms with Gasteiger partial charge >= 0.3 is 0 Å². The van der Waals surface area contributed by atoms with Gasteiger partial charge in [-0.15, -0.1) is 0 Å². The number of carbonyl (C=O) groups excluding carboxylic acids is 1. The lowest BCUT2D eigenvalue weighted by molar-refractivity contribution is -0.133. The fourth-order valence-corrected chi connectivity index (χ4v) is 2.73. The van der Waals surface area contributed by atoms with Crippen LogP contribution in [0, 0.1) is 0 Å². The Kier molecular flexibility index (Phi) is 4.24. The molecule has 1 aliphatic rings. The van der Waals surface area contributed by atoms with E-state index in [1.807, 2.05) is 53.4 Å². The third-order valence-corrected chi connectivity index (χ3v) is 3.92. The van der Waals surface area contributed by atoms with E-state index in [0.29, 0.717) is 13.0 Å². The molecule has 0 aliphatic carbocycles. The van der Waals surface area contributed by atoms with Crippen molar-refractivity contribution in [3.05, 3.63) is 77.9 Å². The number of benzene rings is 2. The highest BCUT2D eigenvalue weighted by Crippen LogP contribution is 2.28. The van der Waals surface area contributed by atoms with Crippen molar-refractivity contribution in [3.8, 4) is 5.75 Å². The molecule has 0 unspecified atom stereocenters. The van der Waals surface area contributed by atoms with Crippen molar-refractivity contribution in [2.75, 3.05) is 7.11 Å². The molecule has 1 aliphatic heterocycles. The minimum Gasteiger partial charge on any atom is -0.497 e. The van der Waals surface area contributed by atoms with Crippen molar-refractivity contribution >= 4 is 5.91 Å². The number of rotatable bonds is 4. The molecule has 0 radical (unpaired) electrons. The van der Waals surface area contributed by atoms with Gasteiger partial charge in [0.2, 0.25) is 5.91 Å². The van der Waals surface area contributed by atoms with Crippen LogP contribution in [0.25, 0.3) is 0 Å². The molecule has 1 heterocycles. The summed E-state index contributed by atoms with van der Waals surface area (Å²) < 4.78 is 5.18. The molecule has 1 amide bonds. The number of amides is 1. The van der Waals surface area contributed by atoms with E-state index in [4.69, 9.17) is 4.74 Å². The molecule has 0 saturated heterocycles. The Balaban J connectivity index is 1.85. The average molecular weight is 293 g/mol. The van der Waals surface area contributed by atoms with Crippen LogP contribution in [0.2, 0.25) is 0 Å². The van der Waals surface area contributed by atoms with Gasteiger partial charge in [0.15, 0.2) is 0 Å². The molecule has 3 rings (SSSR count). The third-order valence-electron chi connectivity index (χ3n) is 3.92. The molecule has 0 bridgehead atoms. The van der Waals surface area contributed by atoms with Crippen molar-refractivity contribution in [2.24, 2.45) is 0 Å². The highest BCUT2D eigenvalue weighted by molar-refractivity contribution is 5.79. The Morgan fingerprint density at radius 3 is 2.50 bits per heavy atom. The smallest absolute Gasteiger partial charge is 0.227 e. The van der Waals surface area contributed by atoms with Crippen LogP contribution in [0.15, 0.2) is 66.7 Å². The summed E-state index contributed by atoms with van der Waals surface area (Å²) in [5.74, 6) is 0.986. The highest BCUT2D eigenvalue weighted by atomic mass is 16.5. The van der Waals surface area contributed by atoms with Crippen molar-refractivity contribution in [1.82, 2.24) is 4.90 Å². The molecule has 1 atom stereocenters. The molecule has 2 aromatic carbocycles. The number of methoxy groups -OCH3 is 1. The Morgan fingerprint density at radius 1 is 1.09 bits per heavy atom. The second kappa shape index (κ2) is 6.48. The first-order valence-corrected chi connectivity index (χ1v) is 7.42. The van der Waals surface area contributed by atoms with Gasteiger partial charge in [0.05, 0.1) is 13.2 Å². The van der Waals surface area contributed by atoms with Gasteiger partial charge in [0, 0.05) is 13.0 Å². The molecule has 112 valence electrons. The Labute approximate surface area is 130 Å². The number of carbonyl (C=O) groups is 1. The molecular formula is C19H19NO2. The predicted molar refractivity (Wildman–Crippen MR) is 86.5 cm³/mol. The van der Waals surface area contributed by atoms with Crippen LogP contribution in [-0.4, -0.2) is 17.9 Å². The summed E-state index contributed by atoms with van der Waals surface area (Å²) in [5, 5.41) is 0. The number of ether oxygens (including phenoxy) is 1. The molecular weight excluding hydrogens is 274 g/mol. The van der Waals surface area contributed by atoms with Crippen LogP contribution in [-0.2, 0) is 11.3 Å². The maximum atomic E-state index is 12.4. The first kappa shape index (κ1) is 14.4. The van der Waals surface area contributed by atoms with E-state index in [1.54, 1.807) is 7.11 Å². The van der Waals surface area contributed by atoms with Crippen LogP contribution in [0.4, 0.5) is 0 Å². The van der Waals surface area contributed by atoms with E-state index in [-0.39, 0.29) is 11.9 Å². The monoisotopic (exact) mass is 293 g/mol. The second-order valence-corrected chi connectivity index (χ2v) is 5.36. The molecule has 0 N–H and O–H groups in total. The van der Waals surface area contributed by atoms with Crippen LogP contribution < -0.4 is 4.74 Å². The Bertz CT molecular complexity index is 662. The van der Waals surface area contributed by atoms with Gasteiger partial charge in [-0.05, 0) is 23.3 Å². The summed E-state index contributed by atoms with van der Waals surface area (Å²) in [6, 6.07) is 18.0. The lowest BCUT2D eigenvalue weighted by Crippen LogP contribution is -2.35. The molecule has 0 fully saturated rings. The Morgan fingerprint density at radius 2 is 1.82 bits per heavy atom. The van der Waals surface area contributed by atoms with Crippen molar-refractivity contribution in [3.63, 3.8) is 0 Å². The van der Waals surface area contributed by atoms with Gasteiger partial charge in [0.1, 0.15) is 5.75 Å². The summed E-state index contributed by atoms with van der Waals surface area (Å²) in [7, 11) is 1.65. The standard InChI is InChI=1S/C19H19NO2/c1-22-17-12-10-15(11-13-17)14-20-18(8-5-9-19(20)21)16-6-3-2-4-7-16/h2-8,10-13,18H,9,14H2,1H3/t18-/m1/s1. The van der Waals surface area contributed by atoms with Crippen molar-refractivity contribution in [1.29, 1.82) is 0 Å². The van der Waals surface area contributed by atoms with E-state index in [1.165, 1.54) is 0 Å². The highest BCUT2D eigenvalue weighted by Gasteiger charge is 2.25. The number of hydrogen-bond acceptors (Lipinski definition) is 2. The lowest BCUT2D eigenvalue weighted by atomic mass is 10.00. The average Bonchev–Trinajstić information content (AvgIpc) is 2.58. The van der Waals surface area contributed by atoms with E-state index >= 15 is 0 Å². The minimum absolute atomic E-state index is 0.00421. The van der Waals surface area contributed by atoms with Gasteiger partial charge in [-0.3, -0.25) is 4.79 Å². The van der Waals surface area contributed by atoms with Crippen LogP contribution in [0.1, 0.15) is 23.6 Å². The number of hydrogen-bond donors (Lipinski definition) is 0. The predicted octanol–water partition coefficient (Wildman–Crippen LogP) is 3.73. The van der Waals surface area contributed by atoms with Crippen LogP contribution >= 0.6 is 0 Å². The third kappa shape index (κ3) is 3.03. The quantitative estimate of drug-likeness (QED) is 0.804. The zero-order valence-electron chi connectivity index (χ0n) is 12.6. The molecule has 22 heavy (non-hydrogen) atoms. The fourth-order valence-electron chi connectivity index (χ4n) is 2.73. The summed E-state index contributed by atoms with van der Waals surface area (Å²) >= 11 is 0. The van der Waals surface area contributed by atoms with E-state index < -0.39 is 0 Å². The van der Waals surface area contributed by atoms with Crippen LogP contribution in [0.5, 0.6) is 5.75 Å². The fraction of sp³-hybridized carbons (Fsp3) is 0.211. The van der Waals surface area contributed by atoms with Gasteiger partial charge in [-0.1, -0.05) is 54.6 Å². The molecule has 3 nitrogen and oxygen atoms in total. The van der Waals surface area contributed by atoms with Gasteiger partial charge in [-0.2, -0.15) is 0 Å². The molecule has 3 heteroatoms. The summed E-state index contributed by atoms with van der Waals surface area (Å²) in [5.41, 5.74) is 2.24. The van der Waals surface area contributed by atoms with E-state index in [9.17, 15) is 4.79 Å². The van der Waals surface area contributed by atoms with E-state index in [2.05, 4.69) is 18.2 Å². The molecule has 0 spiro atoms. The first-order valence-electron chi connectivity index (χ1n) is 7.42. The topological polar surface area (TPSA) is 29.5 Å². The Hall–Kier alpha value is -2.55. The van der Waals surface area contributed by atoms with Crippen molar-refractivity contribution < 1.29 is 9.53 Å². The normalized spacial score (nSPS) is 17.6. The first-order chi connectivity index (χ1) is 10.8.